The Morgan fingerprint density at radius 3 is 2.31 bits per heavy atom. The molecule has 0 aromatic heterocycles. The van der Waals surface area contributed by atoms with Gasteiger partial charge in [-0.05, 0) is 80.6 Å². The van der Waals surface area contributed by atoms with Gasteiger partial charge in [0.1, 0.15) is 0 Å². The summed E-state index contributed by atoms with van der Waals surface area (Å²) in [6.45, 7) is 9.63. The van der Waals surface area contributed by atoms with Crippen molar-refractivity contribution in [3.05, 3.63) is 64.7 Å². The van der Waals surface area contributed by atoms with Gasteiger partial charge in [0.2, 0.25) is 5.91 Å². The van der Waals surface area contributed by atoms with Gasteiger partial charge in [0, 0.05) is 30.6 Å². The molecular formula is C25H32N2O2. The third-order valence-electron chi connectivity index (χ3n) is 5.93. The molecule has 1 amide bonds. The van der Waals surface area contributed by atoms with Crippen LogP contribution in [0, 0.1) is 19.8 Å². The maximum Gasteiger partial charge on any atom is 0.224 e. The molecule has 1 saturated heterocycles. The molecule has 154 valence electrons. The maximum absolute atomic E-state index is 12.3. The number of aryl methyl sites for hydroxylation is 2. The van der Waals surface area contributed by atoms with E-state index in [0.29, 0.717) is 5.56 Å². The topological polar surface area (TPSA) is 49.4 Å². The summed E-state index contributed by atoms with van der Waals surface area (Å²) in [5.41, 5.74) is 4.99. The van der Waals surface area contributed by atoms with Crippen LogP contribution in [0.5, 0.6) is 0 Å². The smallest absolute Gasteiger partial charge is 0.224 e. The Labute approximate surface area is 174 Å². The Kier molecular flexibility index (Phi) is 7.21. The van der Waals surface area contributed by atoms with Gasteiger partial charge in [0.05, 0.1) is 0 Å². The number of rotatable bonds is 7. The van der Waals surface area contributed by atoms with E-state index < -0.39 is 0 Å². The second kappa shape index (κ2) is 9.84. The molecule has 29 heavy (non-hydrogen) atoms. The molecule has 4 heteroatoms. The van der Waals surface area contributed by atoms with Crippen molar-refractivity contribution in [2.45, 2.75) is 53.0 Å². The molecule has 0 bridgehead atoms. The van der Waals surface area contributed by atoms with Crippen LogP contribution in [0.2, 0.25) is 0 Å². The average molecular weight is 393 g/mol. The SMILES string of the molecule is Cc1ccc(C(=O)CCC(=O)Nc2ccc(CN3CCC(C)CC3)cc2)cc1C. The summed E-state index contributed by atoms with van der Waals surface area (Å²) in [7, 11) is 0. The fraction of sp³-hybridized carbons (Fsp3) is 0.440. The van der Waals surface area contributed by atoms with Gasteiger partial charge < -0.3 is 5.32 Å². The van der Waals surface area contributed by atoms with Crippen molar-refractivity contribution in [2.24, 2.45) is 5.92 Å². The van der Waals surface area contributed by atoms with Crippen LogP contribution in [0.25, 0.3) is 0 Å². The van der Waals surface area contributed by atoms with Crippen molar-refractivity contribution in [2.75, 3.05) is 18.4 Å². The summed E-state index contributed by atoms with van der Waals surface area (Å²) >= 11 is 0. The number of nitrogens with one attached hydrogen (secondary N) is 1. The number of benzene rings is 2. The monoisotopic (exact) mass is 392 g/mol. The lowest BCUT2D eigenvalue weighted by Crippen LogP contribution is -2.32. The van der Waals surface area contributed by atoms with Crippen molar-refractivity contribution in [3.63, 3.8) is 0 Å². The van der Waals surface area contributed by atoms with Gasteiger partial charge in [-0.1, -0.05) is 31.2 Å². The van der Waals surface area contributed by atoms with Crippen LogP contribution in [0.1, 0.15) is 59.7 Å². The Bertz CT molecular complexity index is 850. The Morgan fingerprint density at radius 2 is 1.66 bits per heavy atom. The van der Waals surface area contributed by atoms with Crippen molar-refractivity contribution < 1.29 is 9.59 Å². The summed E-state index contributed by atoms with van der Waals surface area (Å²) in [5.74, 6) is 0.722. The van der Waals surface area contributed by atoms with Gasteiger partial charge in [-0.3, -0.25) is 14.5 Å². The van der Waals surface area contributed by atoms with Crippen LogP contribution in [-0.2, 0) is 11.3 Å². The number of anilines is 1. The van der Waals surface area contributed by atoms with Gasteiger partial charge in [0.15, 0.2) is 5.78 Å². The zero-order valence-electron chi connectivity index (χ0n) is 17.8. The molecule has 0 radical (unpaired) electrons. The Morgan fingerprint density at radius 1 is 0.966 bits per heavy atom. The van der Waals surface area contributed by atoms with E-state index in [4.69, 9.17) is 0 Å². The Hall–Kier alpha value is -2.46. The second-order valence-electron chi connectivity index (χ2n) is 8.43. The molecule has 1 fully saturated rings. The van der Waals surface area contributed by atoms with E-state index in [9.17, 15) is 9.59 Å². The van der Waals surface area contributed by atoms with Gasteiger partial charge in [0.25, 0.3) is 0 Å². The zero-order valence-corrected chi connectivity index (χ0v) is 17.8. The van der Waals surface area contributed by atoms with Crippen LogP contribution in [0.3, 0.4) is 0 Å². The zero-order chi connectivity index (χ0) is 20.8. The van der Waals surface area contributed by atoms with Crippen molar-refractivity contribution in [3.8, 4) is 0 Å². The highest BCUT2D eigenvalue weighted by Crippen LogP contribution is 2.19. The quantitative estimate of drug-likeness (QED) is 0.664. The van der Waals surface area contributed by atoms with Crippen LogP contribution in [0.15, 0.2) is 42.5 Å². The molecule has 3 rings (SSSR count). The molecule has 2 aromatic rings. The van der Waals surface area contributed by atoms with Crippen LogP contribution in [0.4, 0.5) is 5.69 Å². The number of nitrogens with zero attached hydrogens (tertiary/aromatic N) is 1. The van der Waals surface area contributed by atoms with Crippen LogP contribution < -0.4 is 5.32 Å². The molecule has 1 aliphatic rings. The lowest BCUT2D eigenvalue weighted by Gasteiger charge is -2.30. The molecule has 0 spiro atoms. The fourth-order valence-corrected chi connectivity index (χ4v) is 3.68. The predicted molar refractivity (Wildman–Crippen MR) is 118 cm³/mol. The summed E-state index contributed by atoms with van der Waals surface area (Å²) in [6.07, 6.45) is 2.96. The molecule has 0 aliphatic carbocycles. The number of piperidine rings is 1. The first-order valence-corrected chi connectivity index (χ1v) is 10.6. The molecule has 1 heterocycles. The Balaban J connectivity index is 1.45. The maximum atomic E-state index is 12.3. The number of amides is 1. The van der Waals surface area contributed by atoms with E-state index in [1.54, 1.807) is 0 Å². The van der Waals surface area contributed by atoms with E-state index in [1.807, 2.05) is 44.2 Å². The highest BCUT2D eigenvalue weighted by Gasteiger charge is 2.15. The van der Waals surface area contributed by atoms with E-state index in [1.165, 1.54) is 18.4 Å². The summed E-state index contributed by atoms with van der Waals surface area (Å²) in [6, 6.07) is 13.7. The van der Waals surface area contributed by atoms with Crippen LogP contribution >= 0.6 is 0 Å². The van der Waals surface area contributed by atoms with Crippen molar-refractivity contribution >= 4 is 17.4 Å². The normalized spacial score (nSPS) is 15.3. The molecule has 0 atom stereocenters. The third kappa shape index (κ3) is 6.26. The van der Waals surface area contributed by atoms with Gasteiger partial charge >= 0.3 is 0 Å². The minimum absolute atomic E-state index is 0.00875. The van der Waals surface area contributed by atoms with Gasteiger partial charge in [-0.2, -0.15) is 0 Å². The molecule has 4 nitrogen and oxygen atoms in total. The predicted octanol–water partition coefficient (Wildman–Crippen LogP) is 5.14. The number of Topliss-reactive ketones (excluding diaryl/α,β-unsaturated/α-hetero) is 1. The molecule has 1 aliphatic heterocycles. The second-order valence-corrected chi connectivity index (χ2v) is 8.43. The highest BCUT2D eigenvalue weighted by molar-refractivity contribution is 6.00. The minimum Gasteiger partial charge on any atom is -0.326 e. The number of hydrogen-bond acceptors (Lipinski definition) is 3. The molecule has 0 saturated carbocycles. The van der Waals surface area contributed by atoms with Crippen molar-refractivity contribution in [1.29, 1.82) is 0 Å². The van der Waals surface area contributed by atoms with Gasteiger partial charge in [-0.25, -0.2) is 0 Å². The fourth-order valence-electron chi connectivity index (χ4n) is 3.68. The van der Waals surface area contributed by atoms with E-state index >= 15 is 0 Å². The van der Waals surface area contributed by atoms with Crippen molar-refractivity contribution in [1.82, 2.24) is 4.90 Å². The third-order valence-corrected chi connectivity index (χ3v) is 5.93. The first kappa shape index (κ1) is 21.3. The lowest BCUT2D eigenvalue weighted by molar-refractivity contribution is -0.116. The number of hydrogen-bond donors (Lipinski definition) is 1. The van der Waals surface area contributed by atoms with E-state index in [-0.39, 0.29) is 24.5 Å². The molecular weight excluding hydrogens is 360 g/mol. The van der Waals surface area contributed by atoms with Gasteiger partial charge in [-0.15, -0.1) is 0 Å². The highest BCUT2D eigenvalue weighted by atomic mass is 16.2. The largest absolute Gasteiger partial charge is 0.326 e. The minimum atomic E-state index is -0.125. The first-order chi connectivity index (χ1) is 13.9. The molecule has 0 unspecified atom stereocenters. The summed E-state index contributed by atoms with van der Waals surface area (Å²) in [5, 5.41) is 2.90. The average Bonchev–Trinajstić information content (AvgIpc) is 2.71. The molecule has 1 N–H and O–H groups in total. The lowest BCUT2D eigenvalue weighted by atomic mass is 9.99. The van der Waals surface area contributed by atoms with Crippen LogP contribution in [-0.4, -0.2) is 29.7 Å². The molecule has 2 aromatic carbocycles. The first-order valence-electron chi connectivity index (χ1n) is 10.6. The van der Waals surface area contributed by atoms with E-state index in [2.05, 4.69) is 29.3 Å². The number of likely N-dealkylation sites (tertiary alicyclic amines) is 1. The summed E-state index contributed by atoms with van der Waals surface area (Å²) in [4.78, 5) is 27.1. The summed E-state index contributed by atoms with van der Waals surface area (Å²) < 4.78 is 0. The number of carbonyl (C=O) groups excluding carboxylic acids is 2. The van der Waals surface area contributed by atoms with E-state index in [0.717, 1.165) is 42.4 Å². The standard InChI is InChI=1S/C25H32N2O2/c1-18-12-14-27(15-13-18)17-21-5-8-23(9-6-21)26-25(29)11-10-24(28)22-7-4-19(2)20(3)16-22/h4-9,16,18H,10-15,17H2,1-3H3,(H,26,29). The number of carbonyl (C=O) groups is 2. The number of ketones is 1.